The largest absolute Gasteiger partial charge is 0.330 e. The molecule has 0 unspecified atom stereocenters. The van der Waals surface area contributed by atoms with Gasteiger partial charge in [-0.15, -0.1) is 6.58 Å². The highest BCUT2D eigenvalue weighted by molar-refractivity contribution is 6.20. The molecule has 0 saturated carbocycles. The fraction of sp³-hybridized carbons (Fsp3) is 0.190. The zero-order valence-electron chi connectivity index (χ0n) is 14.7. The Morgan fingerprint density at radius 2 is 1.81 bits per heavy atom. The zero-order chi connectivity index (χ0) is 19.4. The van der Waals surface area contributed by atoms with Crippen molar-refractivity contribution in [2.75, 3.05) is 11.4 Å². The van der Waals surface area contributed by atoms with Crippen LogP contribution in [0.15, 0.2) is 61.2 Å². The van der Waals surface area contributed by atoms with E-state index in [1.165, 1.54) is 17.0 Å². The van der Waals surface area contributed by atoms with E-state index in [9.17, 15) is 18.8 Å². The Bertz CT molecular complexity index is 894. The number of amides is 3. The molecule has 0 spiro atoms. The van der Waals surface area contributed by atoms with E-state index in [-0.39, 0.29) is 49.5 Å². The lowest BCUT2D eigenvalue weighted by Gasteiger charge is -2.22. The van der Waals surface area contributed by atoms with Gasteiger partial charge in [0, 0.05) is 37.1 Å². The van der Waals surface area contributed by atoms with Crippen LogP contribution in [0.25, 0.3) is 0 Å². The Balaban J connectivity index is 1.87. The fourth-order valence-electron chi connectivity index (χ4n) is 3.03. The van der Waals surface area contributed by atoms with Crippen LogP contribution in [0.2, 0.25) is 0 Å². The number of rotatable bonds is 6. The molecule has 1 aliphatic heterocycles. The van der Waals surface area contributed by atoms with Crippen LogP contribution in [0.3, 0.4) is 0 Å². The van der Waals surface area contributed by atoms with Crippen LogP contribution in [0.4, 0.5) is 10.1 Å². The number of hydrogen-bond donors (Lipinski definition) is 0. The van der Waals surface area contributed by atoms with Gasteiger partial charge in [-0.1, -0.05) is 30.3 Å². The molecule has 1 aliphatic rings. The highest BCUT2D eigenvalue weighted by Crippen LogP contribution is 2.24. The first-order valence-corrected chi connectivity index (χ1v) is 8.60. The SMILES string of the molecule is C=CCN(Cc1ccccc1F)C(=O)c1cccc(N2C(=O)CCC2=O)c1. The topological polar surface area (TPSA) is 57.7 Å². The lowest BCUT2D eigenvalue weighted by atomic mass is 10.1. The van der Waals surface area contributed by atoms with Gasteiger partial charge in [-0.3, -0.25) is 19.3 Å². The molecule has 0 N–H and O–H groups in total. The first-order chi connectivity index (χ1) is 13.0. The van der Waals surface area contributed by atoms with E-state index in [1.54, 1.807) is 42.5 Å². The van der Waals surface area contributed by atoms with Crippen molar-refractivity contribution in [3.8, 4) is 0 Å². The molecule has 6 heteroatoms. The van der Waals surface area contributed by atoms with E-state index in [1.807, 2.05) is 0 Å². The first-order valence-electron chi connectivity index (χ1n) is 8.60. The molecule has 27 heavy (non-hydrogen) atoms. The van der Waals surface area contributed by atoms with Crippen molar-refractivity contribution in [2.24, 2.45) is 0 Å². The van der Waals surface area contributed by atoms with Crippen LogP contribution in [0.1, 0.15) is 28.8 Å². The van der Waals surface area contributed by atoms with Gasteiger partial charge in [-0.2, -0.15) is 0 Å². The van der Waals surface area contributed by atoms with E-state index >= 15 is 0 Å². The summed E-state index contributed by atoms with van der Waals surface area (Å²) in [5.74, 6) is -1.28. The summed E-state index contributed by atoms with van der Waals surface area (Å²) < 4.78 is 14.0. The van der Waals surface area contributed by atoms with Crippen molar-refractivity contribution in [3.05, 3.63) is 78.1 Å². The number of anilines is 1. The molecule has 0 radical (unpaired) electrons. The third-order valence-electron chi connectivity index (χ3n) is 4.36. The Labute approximate surface area is 156 Å². The average Bonchev–Trinajstić information content (AvgIpc) is 3.01. The smallest absolute Gasteiger partial charge is 0.254 e. The van der Waals surface area contributed by atoms with Gasteiger partial charge >= 0.3 is 0 Å². The lowest BCUT2D eigenvalue weighted by Crippen LogP contribution is -2.32. The van der Waals surface area contributed by atoms with E-state index in [4.69, 9.17) is 0 Å². The zero-order valence-corrected chi connectivity index (χ0v) is 14.7. The number of carbonyl (C=O) groups is 3. The normalized spacial score (nSPS) is 13.7. The molecule has 3 rings (SSSR count). The molecule has 0 aromatic heterocycles. The molecule has 138 valence electrons. The average molecular weight is 366 g/mol. The predicted molar refractivity (Wildman–Crippen MR) is 99.5 cm³/mol. The summed E-state index contributed by atoms with van der Waals surface area (Å²) in [6, 6.07) is 12.6. The van der Waals surface area contributed by atoms with E-state index in [0.29, 0.717) is 16.8 Å². The first kappa shape index (κ1) is 18.5. The predicted octanol–water partition coefficient (Wildman–Crippen LogP) is 3.31. The second-order valence-electron chi connectivity index (χ2n) is 6.24. The Morgan fingerprint density at radius 3 is 2.48 bits per heavy atom. The van der Waals surface area contributed by atoms with Gasteiger partial charge in [-0.05, 0) is 24.3 Å². The van der Waals surface area contributed by atoms with Crippen LogP contribution < -0.4 is 4.90 Å². The minimum absolute atomic E-state index is 0.0866. The number of hydrogen-bond acceptors (Lipinski definition) is 3. The number of nitrogens with zero attached hydrogens (tertiary/aromatic N) is 2. The Morgan fingerprint density at radius 1 is 1.11 bits per heavy atom. The van der Waals surface area contributed by atoms with Crippen LogP contribution in [0.5, 0.6) is 0 Å². The molecule has 1 fully saturated rings. The molecule has 3 amide bonds. The summed E-state index contributed by atoms with van der Waals surface area (Å²) in [6.07, 6.45) is 1.91. The Hall–Kier alpha value is -3.28. The maximum atomic E-state index is 14.0. The molecular weight excluding hydrogens is 347 g/mol. The number of imide groups is 1. The van der Waals surface area contributed by atoms with E-state index < -0.39 is 0 Å². The van der Waals surface area contributed by atoms with Gasteiger partial charge in [-0.25, -0.2) is 4.39 Å². The number of halogens is 1. The summed E-state index contributed by atoms with van der Waals surface area (Å²) in [5.41, 5.74) is 1.09. The molecule has 1 saturated heterocycles. The monoisotopic (exact) mass is 366 g/mol. The fourth-order valence-corrected chi connectivity index (χ4v) is 3.03. The summed E-state index contributed by atoms with van der Waals surface area (Å²) in [6.45, 7) is 3.98. The highest BCUT2D eigenvalue weighted by Gasteiger charge is 2.30. The van der Waals surface area contributed by atoms with Crippen LogP contribution in [-0.2, 0) is 16.1 Å². The maximum Gasteiger partial charge on any atom is 0.254 e. The van der Waals surface area contributed by atoms with Crippen LogP contribution in [0, 0.1) is 5.82 Å². The number of benzene rings is 2. The molecule has 2 aromatic rings. The molecule has 0 atom stereocenters. The molecule has 0 aliphatic carbocycles. The van der Waals surface area contributed by atoms with Gasteiger partial charge in [0.25, 0.3) is 5.91 Å². The molecule has 1 heterocycles. The Kier molecular flexibility index (Phi) is 5.45. The van der Waals surface area contributed by atoms with Crippen molar-refractivity contribution in [2.45, 2.75) is 19.4 Å². The molecule has 0 bridgehead atoms. The van der Waals surface area contributed by atoms with Crippen molar-refractivity contribution >= 4 is 23.4 Å². The van der Waals surface area contributed by atoms with Crippen molar-refractivity contribution in [1.82, 2.24) is 4.90 Å². The maximum absolute atomic E-state index is 14.0. The summed E-state index contributed by atoms with van der Waals surface area (Å²) in [4.78, 5) is 39.4. The van der Waals surface area contributed by atoms with Crippen molar-refractivity contribution in [3.63, 3.8) is 0 Å². The van der Waals surface area contributed by atoms with Gasteiger partial charge < -0.3 is 4.90 Å². The third kappa shape index (κ3) is 3.95. The number of carbonyl (C=O) groups excluding carboxylic acids is 3. The van der Waals surface area contributed by atoms with Crippen LogP contribution >= 0.6 is 0 Å². The van der Waals surface area contributed by atoms with Crippen molar-refractivity contribution < 1.29 is 18.8 Å². The van der Waals surface area contributed by atoms with E-state index in [0.717, 1.165) is 4.90 Å². The minimum atomic E-state index is -0.388. The van der Waals surface area contributed by atoms with Gasteiger partial charge in [0.15, 0.2) is 0 Å². The second kappa shape index (κ2) is 7.95. The standard InChI is InChI=1S/C21H19FN2O3/c1-2-12-23(14-16-6-3-4-9-18(16)22)21(27)15-7-5-8-17(13-15)24-19(25)10-11-20(24)26/h2-9,13H,1,10-12,14H2. The third-order valence-corrected chi connectivity index (χ3v) is 4.36. The molecular formula is C21H19FN2O3. The summed E-state index contributed by atoms with van der Waals surface area (Å²) in [5, 5.41) is 0. The molecule has 5 nitrogen and oxygen atoms in total. The second-order valence-corrected chi connectivity index (χ2v) is 6.24. The highest BCUT2D eigenvalue weighted by atomic mass is 19.1. The quantitative estimate of drug-likeness (QED) is 0.582. The van der Waals surface area contributed by atoms with Gasteiger partial charge in [0.2, 0.25) is 11.8 Å². The van der Waals surface area contributed by atoms with Crippen molar-refractivity contribution in [1.29, 1.82) is 0 Å². The van der Waals surface area contributed by atoms with Gasteiger partial charge in [0.1, 0.15) is 5.82 Å². The van der Waals surface area contributed by atoms with Gasteiger partial charge in [0.05, 0.1) is 5.69 Å². The van der Waals surface area contributed by atoms with Crippen LogP contribution in [-0.4, -0.2) is 29.2 Å². The summed E-state index contributed by atoms with van der Waals surface area (Å²) in [7, 11) is 0. The molecule has 2 aromatic carbocycles. The van der Waals surface area contributed by atoms with E-state index in [2.05, 4.69) is 6.58 Å². The lowest BCUT2D eigenvalue weighted by molar-refractivity contribution is -0.121. The minimum Gasteiger partial charge on any atom is -0.330 e. The summed E-state index contributed by atoms with van der Waals surface area (Å²) >= 11 is 0.